The van der Waals surface area contributed by atoms with Gasteiger partial charge in [0.25, 0.3) is 0 Å². The minimum Gasteiger partial charge on any atom is -0.465 e. The number of pyridine rings is 1. The summed E-state index contributed by atoms with van der Waals surface area (Å²) in [5, 5.41) is 13.9. The maximum atomic E-state index is 10.4. The number of nitrogens with one attached hydrogen (secondary N) is 2. The van der Waals surface area contributed by atoms with Crippen LogP contribution in [-0.2, 0) is 0 Å². The molecule has 0 atom stereocenters. The molecule has 5 N–H and O–H groups in total. The zero-order valence-electron chi connectivity index (χ0n) is 9.42. The molecule has 0 saturated carbocycles. The summed E-state index contributed by atoms with van der Waals surface area (Å²) in [6, 6.07) is 8.59. The molecule has 0 aliphatic rings. The first-order valence-electron chi connectivity index (χ1n) is 5.21. The molecule has 18 heavy (non-hydrogen) atoms. The molecule has 1 aromatic carbocycles. The molecule has 6 nitrogen and oxygen atoms in total. The molecule has 2 rings (SSSR count). The fraction of sp³-hybridized carbons (Fsp3) is 0. The maximum absolute atomic E-state index is 10.4. The van der Waals surface area contributed by atoms with E-state index < -0.39 is 6.09 Å². The number of anilines is 4. The third-order valence-electron chi connectivity index (χ3n) is 2.27. The third kappa shape index (κ3) is 2.88. The minimum atomic E-state index is -1.09. The highest BCUT2D eigenvalue weighted by atomic mass is 16.4. The van der Waals surface area contributed by atoms with E-state index in [-0.39, 0.29) is 0 Å². The number of benzene rings is 1. The Labute approximate surface area is 103 Å². The van der Waals surface area contributed by atoms with Gasteiger partial charge in [0.1, 0.15) is 0 Å². The van der Waals surface area contributed by atoms with Crippen LogP contribution in [0.25, 0.3) is 0 Å². The molecule has 0 fully saturated rings. The summed E-state index contributed by atoms with van der Waals surface area (Å²) >= 11 is 0. The molecule has 0 radical (unpaired) electrons. The quantitative estimate of drug-likeness (QED) is 0.664. The molecule has 0 spiro atoms. The summed E-state index contributed by atoms with van der Waals surface area (Å²) < 4.78 is 0. The predicted molar refractivity (Wildman–Crippen MR) is 70.0 cm³/mol. The second-order valence-electron chi connectivity index (χ2n) is 3.60. The molecule has 6 heteroatoms. The van der Waals surface area contributed by atoms with Crippen molar-refractivity contribution in [3.63, 3.8) is 0 Å². The molecule has 0 aliphatic carbocycles. The summed E-state index contributed by atoms with van der Waals surface area (Å²) in [6.07, 6.45) is 2.11. The van der Waals surface area contributed by atoms with Crippen LogP contribution in [0, 0.1) is 0 Å². The molecule has 1 heterocycles. The van der Waals surface area contributed by atoms with Crippen molar-refractivity contribution in [1.82, 2.24) is 4.98 Å². The Morgan fingerprint density at radius 2 is 1.83 bits per heavy atom. The van der Waals surface area contributed by atoms with Crippen LogP contribution in [0.4, 0.5) is 27.5 Å². The fourth-order valence-corrected chi connectivity index (χ4v) is 1.44. The monoisotopic (exact) mass is 244 g/mol. The largest absolute Gasteiger partial charge is 0.465 e. The van der Waals surface area contributed by atoms with Crippen LogP contribution in [0.1, 0.15) is 0 Å². The van der Waals surface area contributed by atoms with Crippen molar-refractivity contribution < 1.29 is 9.90 Å². The molecule has 1 aromatic heterocycles. The van der Waals surface area contributed by atoms with Gasteiger partial charge >= 0.3 is 6.09 Å². The SMILES string of the molecule is Nc1cnccc1Nc1ccc(NC(=O)O)cc1. The number of hydrogen-bond donors (Lipinski definition) is 4. The molecule has 1 amide bonds. The molecular formula is C12H12N4O2. The lowest BCUT2D eigenvalue weighted by Crippen LogP contribution is -2.06. The summed E-state index contributed by atoms with van der Waals surface area (Å²) in [6.45, 7) is 0. The molecule has 0 bridgehead atoms. The van der Waals surface area contributed by atoms with Gasteiger partial charge in [-0.2, -0.15) is 0 Å². The fourth-order valence-electron chi connectivity index (χ4n) is 1.44. The second kappa shape index (κ2) is 5.05. The number of carbonyl (C=O) groups is 1. The minimum absolute atomic E-state index is 0.510. The van der Waals surface area contributed by atoms with Gasteiger partial charge in [-0.1, -0.05) is 0 Å². The first-order chi connectivity index (χ1) is 8.65. The van der Waals surface area contributed by atoms with Gasteiger partial charge in [-0.15, -0.1) is 0 Å². The Morgan fingerprint density at radius 1 is 1.17 bits per heavy atom. The number of carboxylic acid groups (broad SMARTS) is 1. The van der Waals surface area contributed by atoms with Crippen LogP contribution >= 0.6 is 0 Å². The zero-order valence-corrected chi connectivity index (χ0v) is 9.42. The van der Waals surface area contributed by atoms with E-state index in [1.54, 1.807) is 42.7 Å². The van der Waals surface area contributed by atoms with Crippen molar-refractivity contribution in [3.05, 3.63) is 42.7 Å². The average Bonchev–Trinajstić information content (AvgIpc) is 2.34. The Bertz CT molecular complexity index is 554. The van der Waals surface area contributed by atoms with Crippen LogP contribution in [0.3, 0.4) is 0 Å². The standard InChI is InChI=1S/C12H12N4O2/c13-10-7-14-6-5-11(10)15-8-1-3-9(4-2-8)16-12(17)18/h1-7,16H,13H2,(H,14,15)(H,17,18). The van der Waals surface area contributed by atoms with Crippen LogP contribution < -0.4 is 16.4 Å². The van der Waals surface area contributed by atoms with Gasteiger partial charge in [-0.05, 0) is 30.3 Å². The molecule has 0 saturated heterocycles. The van der Waals surface area contributed by atoms with Crippen LogP contribution in [0.15, 0.2) is 42.7 Å². The summed E-state index contributed by atoms with van der Waals surface area (Å²) in [5.74, 6) is 0. The van der Waals surface area contributed by atoms with Gasteiger partial charge in [0.05, 0.1) is 17.6 Å². The van der Waals surface area contributed by atoms with Crippen molar-refractivity contribution in [1.29, 1.82) is 0 Å². The number of nitrogens with zero attached hydrogens (tertiary/aromatic N) is 1. The van der Waals surface area contributed by atoms with E-state index in [1.165, 1.54) is 0 Å². The van der Waals surface area contributed by atoms with Crippen LogP contribution in [-0.4, -0.2) is 16.2 Å². The zero-order chi connectivity index (χ0) is 13.0. The van der Waals surface area contributed by atoms with E-state index in [0.717, 1.165) is 11.4 Å². The van der Waals surface area contributed by atoms with Gasteiger partial charge in [0, 0.05) is 17.6 Å². The number of nitrogens with two attached hydrogens (primary N) is 1. The van der Waals surface area contributed by atoms with E-state index in [4.69, 9.17) is 10.8 Å². The first-order valence-corrected chi connectivity index (χ1v) is 5.21. The smallest absolute Gasteiger partial charge is 0.409 e. The number of nitrogen functional groups attached to an aromatic ring is 1. The van der Waals surface area contributed by atoms with Gasteiger partial charge in [-0.3, -0.25) is 10.3 Å². The van der Waals surface area contributed by atoms with Crippen LogP contribution in [0.5, 0.6) is 0 Å². The number of hydrogen-bond acceptors (Lipinski definition) is 4. The summed E-state index contributed by atoms with van der Waals surface area (Å²) in [4.78, 5) is 14.3. The highest BCUT2D eigenvalue weighted by Crippen LogP contribution is 2.22. The lowest BCUT2D eigenvalue weighted by atomic mass is 10.2. The van der Waals surface area contributed by atoms with Crippen molar-refractivity contribution >= 4 is 28.8 Å². The normalized spacial score (nSPS) is 9.78. The van der Waals surface area contributed by atoms with Crippen molar-refractivity contribution in [2.24, 2.45) is 0 Å². The molecule has 92 valence electrons. The lowest BCUT2D eigenvalue weighted by molar-refractivity contribution is 0.210. The number of rotatable bonds is 3. The lowest BCUT2D eigenvalue weighted by Gasteiger charge is -2.09. The topological polar surface area (TPSA) is 100 Å². The molecule has 0 unspecified atom stereocenters. The van der Waals surface area contributed by atoms with E-state index in [2.05, 4.69) is 15.6 Å². The van der Waals surface area contributed by atoms with E-state index in [0.29, 0.717) is 11.4 Å². The Kier molecular flexibility index (Phi) is 3.29. The Balaban J connectivity index is 2.11. The van der Waals surface area contributed by atoms with E-state index in [1.807, 2.05) is 0 Å². The van der Waals surface area contributed by atoms with Gasteiger partial charge in [0.2, 0.25) is 0 Å². The van der Waals surface area contributed by atoms with Gasteiger partial charge in [-0.25, -0.2) is 4.79 Å². The second-order valence-corrected chi connectivity index (χ2v) is 3.60. The van der Waals surface area contributed by atoms with Crippen molar-refractivity contribution in [2.75, 3.05) is 16.4 Å². The van der Waals surface area contributed by atoms with Crippen molar-refractivity contribution in [3.8, 4) is 0 Å². The maximum Gasteiger partial charge on any atom is 0.409 e. The highest BCUT2D eigenvalue weighted by molar-refractivity contribution is 5.83. The van der Waals surface area contributed by atoms with Crippen LogP contribution in [0.2, 0.25) is 0 Å². The van der Waals surface area contributed by atoms with Gasteiger partial charge < -0.3 is 16.2 Å². The van der Waals surface area contributed by atoms with Crippen molar-refractivity contribution in [2.45, 2.75) is 0 Å². The molecule has 2 aromatic rings. The number of aromatic nitrogens is 1. The van der Waals surface area contributed by atoms with E-state index in [9.17, 15) is 4.79 Å². The summed E-state index contributed by atoms with van der Waals surface area (Å²) in [5.41, 5.74) is 8.37. The van der Waals surface area contributed by atoms with E-state index >= 15 is 0 Å². The first kappa shape index (κ1) is 11.7. The molecule has 0 aliphatic heterocycles. The predicted octanol–water partition coefficient (Wildman–Crippen LogP) is 2.50. The number of amides is 1. The summed E-state index contributed by atoms with van der Waals surface area (Å²) in [7, 11) is 0. The Morgan fingerprint density at radius 3 is 2.44 bits per heavy atom. The van der Waals surface area contributed by atoms with Gasteiger partial charge in [0.15, 0.2) is 0 Å². The average molecular weight is 244 g/mol. The Hall–Kier alpha value is -2.76. The molecular weight excluding hydrogens is 232 g/mol. The highest BCUT2D eigenvalue weighted by Gasteiger charge is 2.00. The third-order valence-corrected chi connectivity index (χ3v) is 2.27.